The summed E-state index contributed by atoms with van der Waals surface area (Å²) in [4.78, 5) is 0. The third-order valence-corrected chi connectivity index (χ3v) is 10.5. The van der Waals surface area contributed by atoms with Gasteiger partial charge in [0.25, 0.3) is 0 Å². The molecule has 2 aromatic heterocycles. The summed E-state index contributed by atoms with van der Waals surface area (Å²) in [6, 6.07) is 60.8. The van der Waals surface area contributed by atoms with Crippen molar-refractivity contribution in [2.45, 2.75) is 0 Å². The molecule has 0 radical (unpaired) electrons. The number of furan rings is 2. The van der Waals surface area contributed by atoms with Crippen LogP contribution < -0.4 is 0 Å². The molecule has 0 fully saturated rings. The third-order valence-electron chi connectivity index (χ3n) is 10.5. The number of hydrogen-bond donors (Lipinski definition) is 0. The summed E-state index contributed by atoms with van der Waals surface area (Å²) in [5.74, 6) is 0. The first kappa shape index (κ1) is 27.3. The first-order chi connectivity index (χ1) is 24.8. The Kier molecular flexibility index (Phi) is 5.70. The van der Waals surface area contributed by atoms with Crippen molar-refractivity contribution in [3.63, 3.8) is 0 Å². The Bertz CT molecular complexity index is 3080. The lowest BCUT2D eigenvalue weighted by Crippen LogP contribution is -1.92. The van der Waals surface area contributed by atoms with Gasteiger partial charge in [0.2, 0.25) is 0 Å². The van der Waals surface area contributed by atoms with Crippen molar-refractivity contribution in [2.75, 3.05) is 0 Å². The van der Waals surface area contributed by atoms with Gasteiger partial charge in [0.05, 0.1) is 0 Å². The van der Waals surface area contributed by atoms with Gasteiger partial charge in [-0.3, -0.25) is 0 Å². The zero-order valence-electron chi connectivity index (χ0n) is 27.0. The Balaban J connectivity index is 1.24. The lowest BCUT2D eigenvalue weighted by atomic mass is 9.83. The second-order valence-electron chi connectivity index (χ2n) is 13.1. The number of rotatable bonds is 3. The van der Waals surface area contributed by atoms with E-state index in [4.69, 9.17) is 8.83 Å². The van der Waals surface area contributed by atoms with Crippen molar-refractivity contribution in [1.29, 1.82) is 0 Å². The molecule has 50 heavy (non-hydrogen) atoms. The minimum atomic E-state index is 0.863. The summed E-state index contributed by atoms with van der Waals surface area (Å²) in [6.45, 7) is 0. The predicted molar refractivity (Wildman–Crippen MR) is 210 cm³/mol. The molecule has 232 valence electrons. The van der Waals surface area contributed by atoms with E-state index in [2.05, 4.69) is 146 Å². The Morgan fingerprint density at radius 3 is 1.42 bits per heavy atom. The van der Waals surface area contributed by atoms with Crippen molar-refractivity contribution in [3.05, 3.63) is 170 Å². The molecule has 0 bridgehead atoms. The largest absolute Gasteiger partial charge is 0.456 e. The lowest BCUT2D eigenvalue weighted by Gasteiger charge is -2.19. The van der Waals surface area contributed by atoms with Gasteiger partial charge >= 0.3 is 0 Å². The first-order valence-corrected chi connectivity index (χ1v) is 17.1. The van der Waals surface area contributed by atoms with E-state index in [0.717, 1.165) is 49.4 Å². The summed E-state index contributed by atoms with van der Waals surface area (Å²) in [7, 11) is 0. The van der Waals surface area contributed by atoms with Gasteiger partial charge < -0.3 is 8.83 Å². The van der Waals surface area contributed by atoms with Crippen LogP contribution >= 0.6 is 0 Å². The summed E-state index contributed by atoms with van der Waals surface area (Å²) in [6.07, 6.45) is 0. The van der Waals surface area contributed by atoms with Crippen molar-refractivity contribution in [3.8, 4) is 33.4 Å². The molecule has 0 aliphatic carbocycles. The molecule has 0 saturated carbocycles. The van der Waals surface area contributed by atoms with E-state index >= 15 is 0 Å². The van der Waals surface area contributed by atoms with E-state index in [-0.39, 0.29) is 0 Å². The lowest BCUT2D eigenvalue weighted by molar-refractivity contribution is 0.663. The highest BCUT2D eigenvalue weighted by atomic mass is 16.3. The van der Waals surface area contributed by atoms with Crippen LogP contribution in [0.3, 0.4) is 0 Å². The fraction of sp³-hybridized carbons (Fsp3) is 0. The molecule has 0 spiro atoms. The predicted octanol–water partition coefficient (Wildman–Crippen LogP) is 13.9. The monoisotopic (exact) mass is 636 g/mol. The number of fused-ring (bicyclic) bond motifs is 10. The normalized spacial score (nSPS) is 12.0. The second kappa shape index (κ2) is 10.4. The summed E-state index contributed by atoms with van der Waals surface area (Å²) >= 11 is 0. The maximum absolute atomic E-state index is 6.85. The minimum absolute atomic E-state index is 0.863. The molecule has 11 aromatic rings. The Labute approximate surface area is 287 Å². The minimum Gasteiger partial charge on any atom is -0.456 e. The second-order valence-corrected chi connectivity index (χ2v) is 13.1. The van der Waals surface area contributed by atoms with Crippen LogP contribution in [0.25, 0.3) is 110 Å². The standard InChI is InChI=1S/C48H28O2/c1-2-13-29(14-3-1)30-25-26-37(32-16-5-4-15-31(30)32)44-33-17-6-8-19-35(33)45(36-20-9-7-18-34(36)44)39-22-12-23-40-47-43(50-48(39)40)28-27-42-46(47)38-21-10-11-24-41(38)49-42/h1-28H. The maximum Gasteiger partial charge on any atom is 0.143 e. The molecule has 0 atom stereocenters. The smallest absolute Gasteiger partial charge is 0.143 e. The fourth-order valence-electron chi connectivity index (χ4n) is 8.40. The molecule has 2 heteroatoms. The topological polar surface area (TPSA) is 26.3 Å². The third kappa shape index (κ3) is 3.79. The van der Waals surface area contributed by atoms with Gasteiger partial charge in [-0.25, -0.2) is 0 Å². The molecule has 0 amide bonds. The Morgan fingerprint density at radius 2 is 0.740 bits per heavy atom. The van der Waals surface area contributed by atoms with Crippen LogP contribution in [-0.4, -0.2) is 0 Å². The van der Waals surface area contributed by atoms with Crippen molar-refractivity contribution >= 4 is 76.2 Å². The van der Waals surface area contributed by atoms with Gasteiger partial charge in [-0.05, 0) is 72.8 Å². The molecule has 9 aromatic carbocycles. The van der Waals surface area contributed by atoms with Crippen LogP contribution in [0.4, 0.5) is 0 Å². The first-order valence-electron chi connectivity index (χ1n) is 17.1. The van der Waals surface area contributed by atoms with Crippen LogP contribution in [0.5, 0.6) is 0 Å². The summed E-state index contributed by atoms with van der Waals surface area (Å²) in [5, 5.41) is 11.7. The van der Waals surface area contributed by atoms with E-state index in [1.807, 2.05) is 24.3 Å². The number of hydrogen-bond acceptors (Lipinski definition) is 2. The highest BCUT2D eigenvalue weighted by molar-refractivity contribution is 6.29. The molecule has 0 aliphatic rings. The van der Waals surface area contributed by atoms with Gasteiger partial charge in [-0.15, -0.1) is 0 Å². The van der Waals surface area contributed by atoms with Crippen LogP contribution in [0.15, 0.2) is 179 Å². The average Bonchev–Trinajstić information content (AvgIpc) is 3.75. The van der Waals surface area contributed by atoms with Crippen LogP contribution in [0.1, 0.15) is 0 Å². The van der Waals surface area contributed by atoms with E-state index in [1.54, 1.807) is 0 Å². The van der Waals surface area contributed by atoms with Gasteiger partial charge in [-0.2, -0.15) is 0 Å². The molecular formula is C48H28O2. The zero-order valence-corrected chi connectivity index (χ0v) is 27.0. The van der Waals surface area contributed by atoms with Gasteiger partial charge in [0.1, 0.15) is 22.3 Å². The maximum atomic E-state index is 6.85. The van der Waals surface area contributed by atoms with Gasteiger partial charge in [0.15, 0.2) is 0 Å². The van der Waals surface area contributed by atoms with Crippen molar-refractivity contribution < 1.29 is 8.83 Å². The molecule has 11 rings (SSSR count). The fourth-order valence-corrected chi connectivity index (χ4v) is 8.40. The molecule has 0 aliphatic heterocycles. The molecule has 0 N–H and O–H groups in total. The zero-order chi connectivity index (χ0) is 32.8. The molecule has 2 nitrogen and oxygen atoms in total. The molecule has 2 heterocycles. The van der Waals surface area contributed by atoms with Crippen LogP contribution in [0, 0.1) is 0 Å². The van der Waals surface area contributed by atoms with Gasteiger partial charge in [0, 0.05) is 32.7 Å². The van der Waals surface area contributed by atoms with Crippen LogP contribution in [0.2, 0.25) is 0 Å². The molecule has 0 unspecified atom stereocenters. The molecular weight excluding hydrogens is 609 g/mol. The van der Waals surface area contributed by atoms with E-state index in [9.17, 15) is 0 Å². The van der Waals surface area contributed by atoms with Crippen molar-refractivity contribution in [2.24, 2.45) is 0 Å². The Morgan fingerprint density at radius 1 is 0.260 bits per heavy atom. The van der Waals surface area contributed by atoms with Crippen molar-refractivity contribution in [1.82, 2.24) is 0 Å². The van der Waals surface area contributed by atoms with E-state index < -0.39 is 0 Å². The highest BCUT2D eigenvalue weighted by Crippen LogP contribution is 2.49. The summed E-state index contributed by atoms with van der Waals surface area (Å²) in [5.41, 5.74) is 10.7. The van der Waals surface area contributed by atoms with Crippen LogP contribution in [-0.2, 0) is 0 Å². The number of benzene rings is 9. The highest BCUT2D eigenvalue weighted by Gasteiger charge is 2.23. The average molecular weight is 637 g/mol. The SMILES string of the molecule is c1ccc(-c2ccc(-c3c4ccccc4c(-c4cccc5c4oc4ccc6oc7ccccc7c6c45)c4ccccc34)c3ccccc23)cc1. The summed E-state index contributed by atoms with van der Waals surface area (Å²) < 4.78 is 13.1. The van der Waals surface area contributed by atoms with Gasteiger partial charge in [-0.1, -0.05) is 152 Å². The van der Waals surface area contributed by atoms with E-state index in [0.29, 0.717) is 0 Å². The number of para-hydroxylation sites is 2. The van der Waals surface area contributed by atoms with E-state index in [1.165, 1.54) is 60.1 Å². The quantitative estimate of drug-likeness (QED) is 0.180. The Hall–Kier alpha value is -6.64. The molecule has 0 saturated heterocycles.